The van der Waals surface area contributed by atoms with Gasteiger partial charge in [-0.25, -0.2) is 0 Å². The Morgan fingerprint density at radius 3 is 3.07 bits per heavy atom. The number of aldehydes is 1. The summed E-state index contributed by atoms with van der Waals surface area (Å²) in [6, 6.07) is 7.55. The number of hydrogen-bond donors (Lipinski definition) is 1. The highest BCUT2D eigenvalue weighted by Gasteiger charge is 2.04. The van der Waals surface area contributed by atoms with E-state index in [0.717, 1.165) is 22.9 Å². The number of carbonyl (C=O) groups is 1. The van der Waals surface area contributed by atoms with Gasteiger partial charge in [-0.05, 0) is 19.1 Å². The van der Waals surface area contributed by atoms with Crippen molar-refractivity contribution in [1.82, 2.24) is 4.98 Å². The molecular weight excluding hydrogens is 178 g/mol. The molecule has 1 N–H and O–H groups in total. The third kappa shape index (κ3) is 1.37. The van der Waals surface area contributed by atoms with Gasteiger partial charge in [-0.1, -0.05) is 12.1 Å². The largest absolute Gasteiger partial charge is 0.492 e. The normalized spacial score (nSPS) is 10.4. The molecule has 0 amide bonds. The fourth-order valence-electron chi connectivity index (χ4n) is 1.49. The van der Waals surface area contributed by atoms with Gasteiger partial charge in [0.2, 0.25) is 0 Å². The fourth-order valence-corrected chi connectivity index (χ4v) is 1.49. The first kappa shape index (κ1) is 8.81. The van der Waals surface area contributed by atoms with Crippen LogP contribution in [0.5, 0.6) is 5.75 Å². The summed E-state index contributed by atoms with van der Waals surface area (Å²) in [5.74, 6) is 0.790. The average Bonchev–Trinajstić information content (AvgIpc) is 2.62. The Morgan fingerprint density at radius 1 is 1.50 bits per heavy atom. The molecule has 0 aliphatic carbocycles. The van der Waals surface area contributed by atoms with Crippen molar-refractivity contribution in [1.29, 1.82) is 0 Å². The lowest BCUT2D eigenvalue weighted by atomic mass is 10.2. The van der Waals surface area contributed by atoms with E-state index in [-0.39, 0.29) is 0 Å². The molecule has 1 aromatic carbocycles. The maximum Gasteiger partial charge on any atom is 0.166 e. The highest BCUT2D eigenvalue weighted by molar-refractivity contribution is 5.91. The summed E-state index contributed by atoms with van der Waals surface area (Å²) < 4.78 is 5.43. The SMILES string of the molecule is CCOc1cccc2cc(C=O)[nH]c12. The lowest BCUT2D eigenvalue weighted by Crippen LogP contribution is -1.91. The van der Waals surface area contributed by atoms with Gasteiger partial charge >= 0.3 is 0 Å². The number of H-pyrrole nitrogens is 1. The van der Waals surface area contributed by atoms with E-state index < -0.39 is 0 Å². The van der Waals surface area contributed by atoms with Crippen molar-refractivity contribution in [3.05, 3.63) is 30.0 Å². The number of aromatic amines is 1. The van der Waals surface area contributed by atoms with Crippen LogP contribution in [0.25, 0.3) is 10.9 Å². The lowest BCUT2D eigenvalue weighted by Gasteiger charge is -2.03. The predicted octanol–water partition coefficient (Wildman–Crippen LogP) is 2.38. The number of carbonyl (C=O) groups excluding carboxylic acids is 1. The highest BCUT2D eigenvalue weighted by Crippen LogP contribution is 2.24. The second-order valence-corrected chi connectivity index (χ2v) is 3.00. The minimum absolute atomic E-state index is 0.576. The molecule has 3 heteroatoms. The van der Waals surface area contributed by atoms with E-state index in [1.54, 1.807) is 0 Å². The van der Waals surface area contributed by atoms with Crippen molar-refractivity contribution in [2.24, 2.45) is 0 Å². The van der Waals surface area contributed by atoms with E-state index >= 15 is 0 Å². The molecule has 0 bridgehead atoms. The van der Waals surface area contributed by atoms with Gasteiger partial charge in [-0.15, -0.1) is 0 Å². The van der Waals surface area contributed by atoms with E-state index in [4.69, 9.17) is 4.74 Å². The monoisotopic (exact) mass is 189 g/mol. The van der Waals surface area contributed by atoms with Gasteiger partial charge in [0, 0.05) is 5.39 Å². The van der Waals surface area contributed by atoms with E-state index in [1.165, 1.54) is 0 Å². The van der Waals surface area contributed by atoms with Crippen LogP contribution in [0.4, 0.5) is 0 Å². The summed E-state index contributed by atoms with van der Waals surface area (Å²) in [4.78, 5) is 13.6. The zero-order valence-corrected chi connectivity index (χ0v) is 7.91. The summed E-state index contributed by atoms with van der Waals surface area (Å²) in [5, 5.41) is 0.998. The van der Waals surface area contributed by atoms with E-state index in [9.17, 15) is 4.79 Å². The molecule has 0 saturated carbocycles. The molecule has 1 aromatic heterocycles. The summed E-state index contributed by atoms with van der Waals surface area (Å²) in [6.45, 7) is 2.55. The van der Waals surface area contributed by atoms with E-state index in [1.807, 2.05) is 31.2 Å². The number of nitrogens with one attached hydrogen (secondary N) is 1. The number of fused-ring (bicyclic) bond motifs is 1. The highest BCUT2D eigenvalue weighted by atomic mass is 16.5. The van der Waals surface area contributed by atoms with Crippen LogP contribution in [-0.2, 0) is 0 Å². The van der Waals surface area contributed by atoms with Crippen LogP contribution in [0.1, 0.15) is 17.4 Å². The number of hydrogen-bond acceptors (Lipinski definition) is 2. The van der Waals surface area contributed by atoms with Gasteiger partial charge in [-0.3, -0.25) is 4.79 Å². The molecule has 0 unspecified atom stereocenters. The lowest BCUT2D eigenvalue weighted by molar-refractivity contribution is 0.112. The van der Waals surface area contributed by atoms with Gasteiger partial charge in [0.25, 0.3) is 0 Å². The topological polar surface area (TPSA) is 42.1 Å². The number of aromatic nitrogens is 1. The van der Waals surface area contributed by atoms with Crippen molar-refractivity contribution in [2.45, 2.75) is 6.92 Å². The standard InChI is InChI=1S/C11H11NO2/c1-2-14-10-5-3-4-8-6-9(7-13)12-11(8)10/h3-7,12H,2H2,1H3. The first-order chi connectivity index (χ1) is 6.85. The smallest absolute Gasteiger partial charge is 0.166 e. The first-order valence-electron chi connectivity index (χ1n) is 4.55. The minimum atomic E-state index is 0.576. The van der Waals surface area contributed by atoms with Crippen molar-refractivity contribution in [3.8, 4) is 5.75 Å². The molecule has 0 saturated heterocycles. The Morgan fingerprint density at radius 2 is 2.36 bits per heavy atom. The third-order valence-electron chi connectivity index (χ3n) is 2.07. The zero-order chi connectivity index (χ0) is 9.97. The molecule has 72 valence electrons. The van der Waals surface area contributed by atoms with Crippen molar-refractivity contribution in [2.75, 3.05) is 6.61 Å². The number of rotatable bonds is 3. The third-order valence-corrected chi connectivity index (χ3v) is 2.07. The molecule has 0 aliphatic heterocycles. The summed E-state index contributed by atoms with van der Waals surface area (Å²) in [5.41, 5.74) is 1.46. The van der Waals surface area contributed by atoms with Crippen molar-refractivity contribution < 1.29 is 9.53 Å². The van der Waals surface area contributed by atoms with Gasteiger partial charge in [-0.2, -0.15) is 0 Å². The van der Waals surface area contributed by atoms with Gasteiger partial charge in [0.15, 0.2) is 6.29 Å². The number of benzene rings is 1. The Labute approximate surface area is 81.7 Å². The Balaban J connectivity index is 2.60. The van der Waals surface area contributed by atoms with Gasteiger partial charge in [0.05, 0.1) is 17.8 Å². The van der Waals surface area contributed by atoms with Gasteiger partial charge < -0.3 is 9.72 Å². The van der Waals surface area contributed by atoms with E-state index in [2.05, 4.69) is 4.98 Å². The second kappa shape index (κ2) is 3.54. The molecule has 14 heavy (non-hydrogen) atoms. The summed E-state index contributed by atoms with van der Waals surface area (Å²) in [6.07, 6.45) is 0.801. The van der Waals surface area contributed by atoms with Crippen LogP contribution >= 0.6 is 0 Å². The average molecular weight is 189 g/mol. The molecule has 0 fully saturated rings. The first-order valence-corrected chi connectivity index (χ1v) is 4.55. The summed E-state index contributed by atoms with van der Waals surface area (Å²) >= 11 is 0. The maximum atomic E-state index is 10.6. The molecule has 2 aromatic rings. The quantitative estimate of drug-likeness (QED) is 0.753. The van der Waals surface area contributed by atoms with Crippen LogP contribution in [-0.4, -0.2) is 17.9 Å². The Bertz CT molecular complexity index is 459. The van der Waals surface area contributed by atoms with Crippen molar-refractivity contribution in [3.63, 3.8) is 0 Å². The van der Waals surface area contributed by atoms with Gasteiger partial charge in [0.1, 0.15) is 5.75 Å². The Kier molecular flexibility index (Phi) is 2.23. The van der Waals surface area contributed by atoms with Crippen LogP contribution in [0, 0.1) is 0 Å². The fraction of sp³-hybridized carbons (Fsp3) is 0.182. The second-order valence-electron chi connectivity index (χ2n) is 3.00. The molecular formula is C11H11NO2. The van der Waals surface area contributed by atoms with E-state index in [0.29, 0.717) is 12.3 Å². The van der Waals surface area contributed by atoms with Crippen LogP contribution in [0.2, 0.25) is 0 Å². The van der Waals surface area contributed by atoms with Crippen molar-refractivity contribution >= 4 is 17.2 Å². The minimum Gasteiger partial charge on any atom is -0.492 e. The van der Waals surface area contributed by atoms with Crippen LogP contribution in [0.15, 0.2) is 24.3 Å². The van der Waals surface area contributed by atoms with Crippen LogP contribution < -0.4 is 4.74 Å². The molecule has 0 atom stereocenters. The number of para-hydroxylation sites is 1. The Hall–Kier alpha value is -1.77. The van der Waals surface area contributed by atoms with Crippen LogP contribution in [0.3, 0.4) is 0 Å². The molecule has 1 heterocycles. The molecule has 2 rings (SSSR count). The zero-order valence-electron chi connectivity index (χ0n) is 7.91. The molecule has 0 aliphatic rings. The maximum absolute atomic E-state index is 10.6. The number of ether oxygens (including phenoxy) is 1. The predicted molar refractivity (Wildman–Crippen MR) is 54.9 cm³/mol. The molecule has 0 radical (unpaired) electrons. The molecule has 3 nitrogen and oxygen atoms in total. The summed E-state index contributed by atoms with van der Waals surface area (Å²) in [7, 11) is 0. The molecule has 0 spiro atoms.